The Morgan fingerprint density at radius 1 is 1.35 bits per heavy atom. The first kappa shape index (κ1) is 20.1. The van der Waals surface area contributed by atoms with Crippen LogP contribution < -0.4 is 10.1 Å². The van der Waals surface area contributed by atoms with Gasteiger partial charge in [0.1, 0.15) is 11.6 Å². The van der Waals surface area contributed by atoms with E-state index < -0.39 is 17.6 Å². The van der Waals surface area contributed by atoms with Crippen LogP contribution in [-0.2, 0) is 18.0 Å². The van der Waals surface area contributed by atoms with Crippen molar-refractivity contribution in [2.45, 2.75) is 31.6 Å². The second kappa shape index (κ2) is 8.43. The summed E-state index contributed by atoms with van der Waals surface area (Å²) in [5.74, 6) is 0.417. The number of hydrogen-bond donors (Lipinski definition) is 1. The lowest BCUT2D eigenvalue weighted by Crippen LogP contribution is -2.16. The number of carbonyl (C=O) groups excluding carboxylic acids is 1. The van der Waals surface area contributed by atoms with Crippen LogP contribution in [-0.4, -0.2) is 33.0 Å². The van der Waals surface area contributed by atoms with Gasteiger partial charge in [-0.3, -0.25) is 4.79 Å². The number of aryl methyl sites for hydroxylation is 1. The van der Waals surface area contributed by atoms with Crippen LogP contribution in [0, 0.1) is 6.92 Å². The van der Waals surface area contributed by atoms with Crippen LogP contribution in [0.15, 0.2) is 23.4 Å². The molecule has 10 heteroatoms. The summed E-state index contributed by atoms with van der Waals surface area (Å²) in [5, 5.41) is 10.8. The number of hydrogen-bond acceptors (Lipinski definition) is 5. The van der Waals surface area contributed by atoms with Crippen molar-refractivity contribution in [3.8, 4) is 5.75 Å². The van der Waals surface area contributed by atoms with Gasteiger partial charge >= 0.3 is 6.18 Å². The monoisotopic (exact) mass is 388 g/mol. The molecule has 142 valence electrons. The van der Waals surface area contributed by atoms with Crippen LogP contribution in [0.3, 0.4) is 0 Å². The lowest BCUT2D eigenvalue weighted by atomic mass is 10.1. The third-order valence-electron chi connectivity index (χ3n) is 3.43. The van der Waals surface area contributed by atoms with E-state index in [0.717, 1.165) is 23.9 Å². The molecule has 2 rings (SSSR count). The van der Waals surface area contributed by atoms with Gasteiger partial charge in [-0.05, 0) is 31.5 Å². The van der Waals surface area contributed by atoms with Crippen molar-refractivity contribution < 1.29 is 22.7 Å². The SMILES string of the molecule is CCCOc1ccc(C(F)(F)F)cc1NC(=O)CSc1nnc(C)n1C. The van der Waals surface area contributed by atoms with Crippen molar-refractivity contribution in [1.82, 2.24) is 14.8 Å². The summed E-state index contributed by atoms with van der Waals surface area (Å²) in [6, 6.07) is 3.02. The van der Waals surface area contributed by atoms with Gasteiger partial charge < -0.3 is 14.6 Å². The van der Waals surface area contributed by atoms with Gasteiger partial charge in [0, 0.05) is 7.05 Å². The largest absolute Gasteiger partial charge is 0.491 e. The molecule has 0 saturated heterocycles. The van der Waals surface area contributed by atoms with E-state index in [2.05, 4.69) is 15.5 Å². The second-order valence-electron chi connectivity index (χ2n) is 5.48. The Morgan fingerprint density at radius 3 is 2.65 bits per heavy atom. The molecule has 0 saturated carbocycles. The highest BCUT2D eigenvalue weighted by Gasteiger charge is 2.31. The summed E-state index contributed by atoms with van der Waals surface area (Å²) in [4.78, 5) is 12.2. The summed E-state index contributed by atoms with van der Waals surface area (Å²) in [6.45, 7) is 3.99. The molecule has 1 amide bonds. The van der Waals surface area contributed by atoms with Crippen molar-refractivity contribution in [3.05, 3.63) is 29.6 Å². The normalized spacial score (nSPS) is 11.5. The minimum atomic E-state index is -4.51. The molecule has 6 nitrogen and oxygen atoms in total. The van der Waals surface area contributed by atoms with Crippen LogP contribution in [0.5, 0.6) is 5.75 Å². The first-order valence-corrected chi connectivity index (χ1v) is 8.83. The maximum absolute atomic E-state index is 12.9. The number of nitrogens with zero attached hydrogens (tertiary/aromatic N) is 3. The van der Waals surface area contributed by atoms with Gasteiger partial charge in [0.2, 0.25) is 5.91 Å². The van der Waals surface area contributed by atoms with Gasteiger partial charge in [0.25, 0.3) is 0 Å². The molecule has 1 aromatic heterocycles. The van der Waals surface area contributed by atoms with Crippen LogP contribution in [0.1, 0.15) is 24.7 Å². The number of amides is 1. The number of anilines is 1. The van der Waals surface area contributed by atoms with E-state index in [4.69, 9.17) is 4.74 Å². The Labute approximate surface area is 153 Å². The molecular weight excluding hydrogens is 369 g/mol. The average Bonchev–Trinajstić information content (AvgIpc) is 2.89. The van der Waals surface area contributed by atoms with Crippen molar-refractivity contribution in [3.63, 3.8) is 0 Å². The lowest BCUT2D eigenvalue weighted by molar-refractivity contribution is -0.137. The molecular formula is C16H19F3N4O2S. The number of carbonyl (C=O) groups is 1. The van der Waals surface area contributed by atoms with Gasteiger partial charge in [0.15, 0.2) is 5.16 Å². The number of benzene rings is 1. The van der Waals surface area contributed by atoms with E-state index >= 15 is 0 Å². The summed E-state index contributed by atoms with van der Waals surface area (Å²) in [7, 11) is 1.76. The highest BCUT2D eigenvalue weighted by Crippen LogP contribution is 2.35. The van der Waals surface area contributed by atoms with E-state index in [-0.39, 0.29) is 17.2 Å². The van der Waals surface area contributed by atoms with Crippen LogP contribution in [0.2, 0.25) is 0 Å². The maximum atomic E-state index is 12.9. The number of halogens is 3. The Hall–Kier alpha value is -2.23. The molecule has 0 atom stereocenters. The van der Waals surface area contributed by atoms with Gasteiger partial charge in [-0.1, -0.05) is 18.7 Å². The highest BCUT2D eigenvalue weighted by atomic mass is 32.2. The standard InChI is InChI=1S/C16H19F3N4O2S/c1-4-7-25-13-6-5-11(16(17,18)19)8-12(13)20-14(24)9-26-15-22-21-10(2)23(15)3/h5-6,8H,4,7,9H2,1-3H3,(H,20,24). The van der Waals surface area contributed by atoms with Gasteiger partial charge in [-0.25, -0.2) is 0 Å². The minimum Gasteiger partial charge on any atom is -0.491 e. The third kappa shape index (κ3) is 5.13. The van der Waals surface area contributed by atoms with E-state index in [1.165, 1.54) is 6.07 Å². The summed E-state index contributed by atoms with van der Waals surface area (Å²) < 4.78 is 45.9. The van der Waals surface area contributed by atoms with Crippen molar-refractivity contribution >= 4 is 23.4 Å². The molecule has 0 unspecified atom stereocenters. The zero-order chi connectivity index (χ0) is 19.3. The Bertz CT molecular complexity index is 777. The zero-order valence-electron chi connectivity index (χ0n) is 14.6. The molecule has 2 aromatic rings. The molecule has 0 radical (unpaired) electrons. The van der Waals surface area contributed by atoms with Crippen molar-refractivity contribution in [2.75, 3.05) is 17.7 Å². The van der Waals surface area contributed by atoms with Crippen LogP contribution in [0.4, 0.5) is 18.9 Å². The maximum Gasteiger partial charge on any atom is 0.416 e. The van der Waals surface area contributed by atoms with Gasteiger partial charge in [0.05, 0.1) is 23.6 Å². The molecule has 0 aliphatic heterocycles. The fourth-order valence-electron chi connectivity index (χ4n) is 1.97. The van der Waals surface area contributed by atoms with Gasteiger partial charge in [-0.15, -0.1) is 10.2 Å². The first-order chi connectivity index (χ1) is 12.2. The minimum absolute atomic E-state index is 0.00646. The van der Waals surface area contributed by atoms with Crippen LogP contribution in [0.25, 0.3) is 0 Å². The van der Waals surface area contributed by atoms with E-state index in [1.807, 2.05) is 6.92 Å². The molecule has 1 heterocycles. The fraction of sp³-hybridized carbons (Fsp3) is 0.438. The Morgan fingerprint density at radius 2 is 2.08 bits per heavy atom. The number of aromatic nitrogens is 3. The van der Waals surface area contributed by atoms with E-state index in [1.54, 1.807) is 18.5 Å². The van der Waals surface area contributed by atoms with E-state index in [9.17, 15) is 18.0 Å². The third-order valence-corrected chi connectivity index (χ3v) is 4.45. The summed E-state index contributed by atoms with van der Waals surface area (Å²) >= 11 is 1.14. The first-order valence-electron chi connectivity index (χ1n) is 7.85. The molecule has 0 fully saturated rings. The average molecular weight is 388 g/mol. The second-order valence-corrected chi connectivity index (χ2v) is 6.43. The zero-order valence-corrected chi connectivity index (χ0v) is 15.4. The topological polar surface area (TPSA) is 69.0 Å². The predicted octanol–water partition coefficient (Wildman–Crippen LogP) is 3.66. The Kier molecular flexibility index (Phi) is 6.52. The molecule has 0 aliphatic carbocycles. The molecule has 26 heavy (non-hydrogen) atoms. The molecule has 0 spiro atoms. The molecule has 1 aromatic carbocycles. The molecule has 1 N–H and O–H groups in total. The predicted molar refractivity (Wildman–Crippen MR) is 92.3 cm³/mol. The smallest absolute Gasteiger partial charge is 0.416 e. The van der Waals surface area contributed by atoms with Crippen LogP contribution >= 0.6 is 11.8 Å². The number of rotatable bonds is 7. The molecule has 0 aliphatic rings. The number of alkyl halides is 3. The summed E-state index contributed by atoms with van der Waals surface area (Å²) in [5.41, 5.74) is -0.860. The molecule has 0 bridgehead atoms. The van der Waals surface area contributed by atoms with Crippen molar-refractivity contribution in [1.29, 1.82) is 0 Å². The van der Waals surface area contributed by atoms with Crippen molar-refractivity contribution in [2.24, 2.45) is 7.05 Å². The number of nitrogens with one attached hydrogen (secondary N) is 1. The fourth-order valence-corrected chi connectivity index (χ4v) is 2.73. The van der Waals surface area contributed by atoms with E-state index in [0.29, 0.717) is 24.0 Å². The Balaban J connectivity index is 2.11. The summed E-state index contributed by atoms with van der Waals surface area (Å²) in [6.07, 6.45) is -3.82. The quantitative estimate of drug-likeness (QED) is 0.733. The lowest BCUT2D eigenvalue weighted by Gasteiger charge is -2.15. The van der Waals surface area contributed by atoms with Gasteiger partial charge in [-0.2, -0.15) is 13.2 Å². The number of thioether (sulfide) groups is 1. The number of ether oxygens (including phenoxy) is 1. The highest BCUT2D eigenvalue weighted by molar-refractivity contribution is 7.99.